The van der Waals surface area contributed by atoms with Crippen LogP contribution < -0.4 is 0 Å². The Morgan fingerprint density at radius 2 is 2.09 bits per heavy atom. The van der Waals surface area contributed by atoms with Crippen molar-refractivity contribution in [3.8, 4) is 0 Å². The van der Waals surface area contributed by atoms with E-state index in [1.807, 2.05) is 0 Å². The summed E-state index contributed by atoms with van der Waals surface area (Å²) in [6.45, 7) is 4.35. The summed E-state index contributed by atoms with van der Waals surface area (Å²) in [5.41, 5.74) is 1.33. The summed E-state index contributed by atoms with van der Waals surface area (Å²) >= 11 is 0. The molecule has 0 saturated carbocycles. The van der Waals surface area contributed by atoms with Gasteiger partial charge >= 0.3 is 0 Å². The number of allylic oxidation sites excluding steroid dienone is 3. The number of rotatable bonds is 5. The van der Waals surface area contributed by atoms with Crippen LogP contribution in [0.25, 0.3) is 0 Å². The number of hydrogen-bond acceptors (Lipinski definition) is 0. The highest BCUT2D eigenvalue weighted by Crippen LogP contribution is 2.03. The van der Waals surface area contributed by atoms with Crippen molar-refractivity contribution in [2.24, 2.45) is 0 Å². The summed E-state index contributed by atoms with van der Waals surface area (Å²) in [4.78, 5) is 0. The van der Waals surface area contributed by atoms with E-state index in [1.54, 1.807) is 0 Å². The van der Waals surface area contributed by atoms with Gasteiger partial charge in [0.15, 0.2) is 0 Å². The van der Waals surface area contributed by atoms with Crippen molar-refractivity contribution in [1.82, 2.24) is 0 Å². The molecule has 0 amide bonds. The molecule has 0 aliphatic heterocycles. The molecule has 0 aliphatic carbocycles. The molecule has 0 saturated heterocycles. The third-order valence-electron chi connectivity index (χ3n) is 1.62. The first kappa shape index (κ1) is 10.9. The highest BCUT2D eigenvalue weighted by atomic mass is 31.0. The lowest BCUT2D eigenvalue weighted by molar-refractivity contribution is 0.729. The van der Waals surface area contributed by atoms with Crippen LogP contribution >= 0.6 is 9.24 Å². The van der Waals surface area contributed by atoms with Gasteiger partial charge in [0.2, 0.25) is 0 Å². The largest absolute Gasteiger partial charge is 0.113 e. The molecule has 0 spiro atoms. The molecule has 0 aromatic carbocycles. The van der Waals surface area contributed by atoms with Gasteiger partial charge in [0.25, 0.3) is 0 Å². The van der Waals surface area contributed by atoms with Gasteiger partial charge in [0.05, 0.1) is 0 Å². The topological polar surface area (TPSA) is 0 Å². The van der Waals surface area contributed by atoms with Crippen LogP contribution in [0.5, 0.6) is 0 Å². The van der Waals surface area contributed by atoms with Gasteiger partial charge < -0.3 is 0 Å². The Kier molecular flexibility index (Phi) is 7.95. The molecule has 1 unspecified atom stereocenters. The van der Waals surface area contributed by atoms with E-state index in [4.69, 9.17) is 0 Å². The average Bonchev–Trinajstić information content (AvgIpc) is 2.04. The van der Waals surface area contributed by atoms with Crippen molar-refractivity contribution in [2.75, 3.05) is 0 Å². The van der Waals surface area contributed by atoms with E-state index in [0.717, 1.165) is 0 Å². The van der Waals surface area contributed by atoms with Crippen molar-refractivity contribution in [1.29, 1.82) is 0 Å². The maximum Gasteiger partial charge on any atom is -0.0348 e. The minimum atomic E-state index is 1.23. The van der Waals surface area contributed by atoms with Crippen molar-refractivity contribution < 1.29 is 0 Å². The van der Waals surface area contributed by atoms with Crippen LogP contribution in [-0.2, 0) is 0 Å². The quantitative estimate of drug-likeness (QED) is 0.333. The van der Waals surface area contributed by atoms with Crippen molar-refractivity contribution in [2.45, 2.75) is 39.5 Å². The third kappa shape index (κ3) is 7.81. The van der Waals surface area contributed by atoms with E-state index in [0.29, 0.717) is 0 Å². The molecule has 1 atom stereocenters. The highest BCUT2D eigenvalue weighted by Gasteiger charge is 1.81. The van der Waals surface area contributed by atoms with Crippen molar-refractivity contribution >= 4 is 9.24 Å². The number of hydrogen-bond donors (Lipinski definition) is 0. The summed E-state index contributed by atoms with van der Waals surface area (Å²) in [6.07, 6.45) is 9.66. The fraction of sp³-hybridized carbons (Fsp3) is 0.600. The second kappa shape index (κ2) is 8.01. The highest BCUT2D eigenvalue weighted by molar-refractivity contribution is 7.20. The van der Waals surface area contributed by atoms with Crippen LogP contribution in [0.3, 0.4) is 0 Å². The first-order valence-electron chi connectivity index (χ1n) is 4.36. The zero-order valence-electron chi connectivity index (χ0n) is 7.64. The Hall–Kier alpha value is -0.0900. The standard InChI is InChI=1S/C10H19P/c1-3-4-5-6-7-8-10(2)9-11/h7-9H,3-6,11H2,1-2H3/b8-7-,10-9+. The molecule has 0 nitrogen and oxygen atoms in total. The van der Waals surface area contributed by atoms with Gasteiger partial charge in [-0.2, -0.15) is 0 Å². The van der Waals surface area contributed by atoms with Gasteiger partial charge in [0, 0.05) is 0 Å². The second-order valence-electron chi connectivity index (χ2n) is 2.81. The Bertz CT molecular complexity index is 134. The molecular weight excluding hydrogens is 151 g/mol. The monoisotopic (exact) mass is 170 g/mol. The van der Waals surface area contributed by atoms with Gasteiger partial charge in [-0.05, 0) is 19.8 Å². The fourth-order valence-corrected chi connectivity index (χ4v) is 0.948. The molecular formula is C10H19P. The molecule has 0 rings (SSSR count). The van der Waals surface area contributed by atoms with E-state index in [1.165, 1.54) is 31.3 Å². The van der Waals surface area contributed by atoms with Crippen molar-refractivity contribution in [3.05, 3.63) is 23.5 Å². The lowest BCUT2D eigenvalue weighted by Crippen LogP contribution is -1.71. The molecule has 0 aromatic rings. The van der Waals surface area contributed by atoms with E-state index in [-0.39, 0.29) is 0 Å². The van der Waals surface area contributed by atoms with Crippen LogP contribution in [-0.4, -0.2) is 0 Å². The Morgan fingerprint density at radius 1 is 1.36 bits per heavy atom. The number of unbranched alkanes of at least 4 members (excludes halogenated alkanes) is 3. The predicted octanol–water partition coefficient (Wildman–Crippen LogP) is 3.90. The van der Waals surface area contributed by atoms with E-state index >= 15 is 0 Å². The van der Waals surface area contributed by atoms with E-state index in [2.05, 4.69) is 41.1 Å². The summed E-state index contributed by atoms with van der Waals surface area (Å²) < 4.78 is 0. The van der Waals surface area contributed by atoms with E-state index in [9.17, 15) is 0 Å². The Morgan fingerprint density at radius 3 is 2.64 bits per heavy atom. The SMILES string of the molecule is CCCCC/C=C\C(C)=C\P. The van der Waals surface area contributed by atoms with Gasteiger partial charge in [-0.15, -0.1) is 9.24 Å². The summed E-state index contributed by atoms with van der Waals surface area (Å²) in [6, 6.07) is 0. The summed E-state index contributed by atoms with van der Waals surface area (Å²) in [7, 11) is 2.61. The smallest absolute Gasteiger partial charge is 0.0348 e. The molecule has 0 N–H and O–H groups in total. The zero-order chi connectivity index (χ0) is 8.53. The lowest BCUT2D eigenvalue weighted by Gasteiger charge is -1.91. The Labute approximate surface area is 73.0 Å². The maximum atomic E-state index is 2.61. The third-order valence-corrected chi connectivity index (χ3v) is 2.14. The van der Waals surface area contributed by atoms with Gasteiger partial charge in [0.1, 0.15) is 0 Å². The molecule has 0 fully saturated rings. The molecule has 0 bridgehead atoms. The van der Waals surface area contributed by atoms with Gasteiger partial charge in [-0.25, -0.2) is 0 Å². The lowest BCUT2D eigenvalue weighted by atomic mass is 10.2. The maximum absolute atomic E-state index is 2.61. The first-order valence-corrected chi connectivity index (χ1v) is 5.03. The molecule has 11 heavy (non-hydrogen) atoms. The molecule has 0 aliphatic rings. The van der Waals surface area contributed by atoms with Crippen LogP contribution in [0.1, 0.15) is 39.5 Å². The van der Waals surface area contributed by atoms with Crippen LogP contribution in [0.4, 0.5) is 0 Å². The van der Waals surface area contributed by atoms with Crippen LogP contribution in [0, 0.1) is 0 Å². The fourth-order valence-electron chi connectivity index (χ4n) is 0.837. The normalized spacial score (nSPS) is 12.8. The average molecular weight is 170 g/mol. The van der Waals surface area contributed by atoms with Gasteiger partial charge in [-0.1, -0.05) is 43.3 Å². The van der Waals surface area contributed by atoms with Gasteiger partial charge in [-0.3, -0.25) is 0 Å². The van der Waals surface area contributed by atoms with Crippen molar-refractivity contribution in [3.63, 3.8) is 0 Å². The molecule has 0 aromatic heterocycles. The molecule has 0 radical (unpaired) electrons. The van der Waals surface area contributed by atoms with Crippen LogP contribution in [0.2, 0.25) is 0 Å². The first-order chi connectivity index (χ1) is 5.31. The second-order valence-corrected chi connectivity index (χ2v) is 3.14. The molecule has 1 heteroatoms. The van der Waals surface area contributed by atoms with E-state index < -0.39 is 0 Å². The summed E-state index contributed by atoms with van der Waals surface area (Å²) in [5, 5.41) is 0. The summed E-state index contributed by atoms with van der Waals surface area (Å²) in [5.74, 6) is 2.05. The Balaban J connectivity index is 3.30. The molecule has 0 heterocycles. The minimum Gasteiger partial charge on any atom is -0.113 e. The van der Waals surface area contributed by atoms with Crippen LogP contribution in [0.15, 0.2) is 23.5 Å². The molecule has 64 valence electrons. The zero-order valence-corrected chi connectivity index (χ0v) is 8.79. The minimum absolute atomic E-state index is 1.23. The predicted molar refractivity (Wildman–Crippen MR) is 56.7 cm³/mol.